The Hall–Kier alpha value is -1.91. The van der Waals surface area contributed by atoms with Gasteiger partial charge in [0, 0.05) is 12.4 Å². The fourth-order valence-corrected chi connectivity index (χ4v) is 1.34. The molecule has 0 bridgehead atoms. The van der Waals surface area contributed by atoms with E-state index in [0.717, 1.165) is 11.4 Å². The van der Waals surface area contributed by atoms with Crippen molar-refractivity contribution in [2.45, 2.75) is 19.4 Å². The zero-order valence-electron chi connectivity index (χ0n) is 8.60. The molecule has 0 aromatic carbocycles. The average molecular weight is 206 g/mol. The highest BCUT2D eigenvalue weighted by molar-refractivity contribution is 5.72. The summed E-state index contributed by atoms with van der Waals surface area (Å²) in [4.78, 5) is 19.1. The van der Waals surface area contributed by atoms with E-state index in [-0.39, 0.29) is 6.04 Å². The second kappa shape index (κ2) is 5.09. The molecule has 1 aromatic rings. The van der Waals surface area contributed by atoms with Crippen molar-refractivity contribution in [2.75, 3.05) is 0 Å². The molecule has 0 radical (unpaired) electrons. The Bertz CT molecular complexity index is 364. The number of hydrogen-bond donors (Lipinski definition) is 2. The van der Waals surface area contributed by atoms with Crippen LogP contribution in [0.15, 0.2) is 25.0 Å². The first-order valence-corrected chi connectivity index (χ1v) is 4.59. The summed E-state index contributed by atoms with van der Waals surface area (Å²) < 4.78 is 0. The minimum Gasteiger partial charge on any atom is -0.352 e. The summed E-state index contributed by atoms with van der Waals surface area (Å²) in [7, 11) is 0. The number of carbonyl (C=O) groups is 1. The first kappa shape index (κ1) is 11.2. The number of nitrogens with one attached hydrogen (secondary N) is 1. The van der Waals surface area contributed by atoms with Gasteiger partial charge >= 0.3 is 6.03 Å². The molecule has 15 heavy (non-hydrogen) atoms. The van der Waals surface area contributed by atoms with E-state index in [4.69, 9.17) is 5.73 Å². The molecule has 1 unspecified atom stereocenters. The third-order valence-corrected chi connectivity index (χ3v) is 1.97. The van der Waals surface area contributed by atoms with E-state index in [1.807, 2.05) is 6.92 Å². The first-order valence-electron chi connectivity index (χ1n) is 4.59. The second-order valence-corrected chi connectivity index (χ2v) is 3.11. The van der Waals surface area contributed by atoms with Gasteiger partial charge in [0.1, 0.15) is 0 Å². The third-order valence-electron chi connectivity index (χ3n) is 1.97. The summed E-state index contributed by atoms with van der Waals surface area (Å²) >= 11 is 0. The topological polar surface area (TPSA) is 80.9 Å². The molecule has 0 saturated heterocycles. The summed E-state index contributed by atoms with van der Waals surface area (Å²) in [5, 5.41) is 2.60. The van der Waals surface area contributed by atoms with Gasteiger partial charge in [-0.15, -0.1) is 6.58 Å². The molecule has 3 N–H and O–H groups in total. The minimum atomic E-state index is -0.577. The van der Waals surface area contributed by atoms with Crippen LogP contribution < -0.4 is 11.1 Å². The van der Waals surface area contributed by atoms with Crippen molar-refractivity contribution in [3.63, 3.8) is 0 Å². The molecule has 0 saturated carbocycles. The Kier molecular flexibility index (Phi) is 3.79. The number of nitrogens with zero attached hydrogens (tertiary/aromatic N) is 2. The summed E-state index contributed by atoms with van der Waals surface area (Å²) in [5.41, 5.74) is 6.57. The van der Waals surface area contributed by atoms with Crippen LogP contribution >= 0.6 is 0 Å². The molecule has 1 atom stereocenters. The molecule has 0 aliphatic carbocycles. The van der Waals surface area contributed by atoms with Crippen molar-refractivity contribution >= 4 is 6.03 Å². The standard InChI is InChI=1S/C10H14N4O/c1-3-4-8(14-10(11)15)9-7(2)12-5-6-13-9/h3,5-6,8H,1,4H2,2H3,(H3,11,14,15). The molecule has 0 aliphatic rings. The van der Waals surface area contributed by atoms with Crippen LogP contribution in [0.5, 0.6) is 0 Å². The number of amides is 2. The Labute approximate surface area is 88.4 Å². The molecule has 5 nitrogen and oxygen atoms in total. The summed E-state index contributed by atoms with van der Waals surface area (Å²) in [6.07, 6.45) is 5.46. The van der Waals surface area contributed by atoms with E-state index in [0.29, 0.717) is 6.42 Å². The van der Waals surface area contributed by atoms with E-state index in [1.165, 1.54) is 0 Å². The number of carbonyl (C=O) groups excluding carboxylic acids is 1. The largest absolute Gasteiger partial charge is 0.352 e. The highest BCUT2D eigenvalue weighted by Crippen LogP contribution is 2.16. The van der Waals surface area contributed by atoms with Crippen LogP contribution in [0.25, 0.3) is 0 Å². The Morgan fingerprint density at radius 1 is 1.67 bits per heavy atom. The van der Waals surface area contributed by atoms with Gasteiger partial charge in [-0.2, -0.15) is 0 Å². The monoisotopic (exact) mass is 206 g/mol. The van der Waals surface area contributed by atoms with Crippen molar-refractivity contribution in [1.82, 2.24) is 15.3 Å². The number of hydrogen-bond acceptors (Lipinski definition) is 3. The second-order valence-electron chi connectivity index (χ2n) is 3.11. The quantitative estimate of drug-likeness (QED) is 0.723. The molecule has 80 valence electrons. The Morgan fingerprint density at radius 3 is 2.87 bits per heavy atom. The van der Waals surface area contributed by atoms with Gasteiger partial charge in [0.2, 0.25) is 0 Å². The lowest BCUT2D eigenvalue weighted by molar-refractivity contribution is 0.245. The van der Waals surface area contributed by atoms with Gasteiger partial charge in [0.25, 0.3) is 0 Å². The van der Waals surface area contributed by atoms with Gasteiger partial charge < -0.3 is 11.1 Å². The highest BCUT2D eigenvalue weighted by Gasteiger charge is 2.15. The maximum Gasteiger partial charge on any atom is 0.312 e. The number of primary amides is 1. The van der Waals surface area contributed by atoms with Crippen LogP contribution in [0.4, 0.5) is 4.79 Å². The molecule has 2 amide bonds. The van der Waals surface area contributed by atoms with Crippen LogP contribution in [-0.2, 0) is 0 Å². The highest BCUT2D eigenvalue weighted by atomic mass is 16.2. The number of urea groups is 1. The van der Waals surface area contributed by atoms with E-state index in [1.54, 1.807) is 18.5 Å². The molecule has 1 rings (SSSR count). The maximum absolute atomic E-state index is 10.8. The maximum atomic E-state index is 10.8. The van der Waals surface area contributed by atoms with Crippen molar-refractivity contribution in [2.24, 2.45) is 5.73 Å². The normalized spacial score (nSPS) is 11.8. The lowest BCUT2D eigenvalue weighted by atomic mass is 10.1. The average Bonchev–Trinajstić information content (AvgIpc) is 2.17. The number of aromatic nitrogens is 2. The molecule has 1 aromatic heterocycles. The van der Waals surface area contributed by atoms with Gasteiger partial charge in [-0.25, -0.2) is 4.79 Å². The smallest absolute Gasteiger partial charge is 0.312 e. The number of aryl methyl sites for hydroxylation is 1. The molecule has 0 aliphatic heterocycles. The Morgan fingerprint density at radius 2 is 2.33 bits per heavy atom. The van der Waals surface area contributed by atoms with Crippen molar-refractivity contribution in [3.05, 3.63) is 36.4 Å². The van der Waals surface area contributed by atoms with E-state index in [2.05, 4.69) is 21.9 Å². The number of rotatable bonds is 4. The predicted molar refractivity (Wildman–Crippen MR) is 57.0 cm³/mol. The van der Waals surface area contributed by atoms with Crippen LogP contribution in [0.2, 0.25) is 0 Å². The van der Waals surface area contributed by atoms with Gasteiger partial charge in [0.15, 0.2) is 0 Å². The summed E-state index contributed by atoms with van der Waals surface area (Å²) in [6.45, 7) is 5.46. The molecular weight excluding hydrogens is 192 g/mol. The summed E-state index contributed by atoms with van der Waals surface area (Å²) in [6, 6.07) is -0.833. The van der Waals surface area contributed by atoms with Crippen LogP contribution in [0.1, 0.15) is 23.9 Å². The first-order chi connectivity index (χ1) is 7.15. The Balaban J connectivity index is 2.92. The molecular formula is C10H14N4O. The predicted octanol–water partition coefficient (Wildman–Crippen LogP) is 1.07. The van der Waals surface area contributed by atoms with Gasteiger partial charge in [-0.3, -0.25) is 9.97 Å². The fraction of sp³-hybridized carbons (Fsp3) is 0.300. The van der Waals surface area contributed by atoms with E-state index < -0.39 is 6.03 Å². The lowest BCUT2D eigenvalue weighted by Crippen LogP contribution is -2.33. The van der Waals surface area contributed by atoms with Crippen LogP contribution in [-0.4, -0.2) is 16.0 Å². The third kappa shape index (κ3) is 3.05. The lowest BCUT2D eigenvalue weighted by Gasteiger charge is -2.16. The van der Waals surface area contributed by atoms with Crippen molar-refractivity contribution in [1.29, 1.82) is 0 Å². The minimum absolute atomic E-state index is 0.256. The zero-order chi connectivity index (χ0) is 11.3. The molecule has 0 spiro atoms. The number of nitrogens with two attached hydrogens (primary N) is 1. The SMILES string of the molecule is C=CCC(NC(N)=O)c1nccnc1C. The molecule has 0 fully saturated rings. The fourth-order valence-electron chi connectivity index (χ4n) is 1.34. The summed E-state index contributed by atoms with van der Waals surface area (Å²) in [5.74, 6) is 0. The van der Waals surface area contributed by atoms with Gasteiger partial charge in [0.05, 0.1) is 17.4 Å². The van der Waals surface area contributed by atoms with Crippen LogP contribution in [0, 0.1) is 6.92 Å². The van der Waals surface area contributed by atoms with Crippen molar-refractivity contribution in [3.8, 4) is 0 Å². The van der Waals surface area contributed by atoms with E-state index >= 15 is 0 Å². The van der Waals surface area contributed by atoms with Gasteiger partial charge in [-0.1, -0.05) is 6.08 Å². The van der Waals surface area contributed by atoms with Gasteiger partial charge in [-0.05, 0) is 13.3 Å². The molecule has 5 heteroatoms. The zero-order valence-corrected chi connectivity index (χ0v) is 8.60. The van der Waals surface area contributed by atoms with Crippen LogP contribution in [0.3, 0.4) is 0 Å². The van der Waals surface area contributed by atoms with E-state index in [9.17, 15) is 4.79 Å². The molecule has 1 heterocycles. The van der Waals surface area contributed by atoms with Crippen molar-refractivity contribution < 1.29 is 4.79 Å².